The molecule has 0 fully saturated rings. The first-order valence-electron chi connectivity index (χ1n) is 6.66. The predicted molar refractivity (Wildman–Crippen MR) is 70.0 cm³/mol. The third kappa shape index (κ3) is 10.1. The summed E-state index contributed by atoms with van der Waals surface area (Å²) in [6.07, 6.45) is 9.92. The molecule has 1 atom stereocenters. The summed E-state index contributed by atoms with van der Waals surface area (Å²) < 4.78 is 0. The van der Waals surface area contributed by atoms with Crippen LogP contribution in [-0.4, -0.2) is 22.3 Å². The Balaban J connectivity index is 3.30. The van der Waals surface area contributed by atoms with Crippen LogP contribution in [0.3, 0.4) is 0 Å². The van der Waals surface area contributed by atoms with E-state index in [0.717, 1.165) is 38.5 Å². The van der Waals surface area contributed by atoms with Gasteiger partial charge in [-0.05, 0) is 32.6 Å². The zero-order valence-electron chi connectivity index (χ0n) is 11.1. The van der Waals surface area contributed by atoms with E-state index in [2.05, 4.69) is 0 Å². The number of aliphatic hydroxyl groups excluding tert-OH is 1. The van der Waals surface area contributed by atoms with Crippen LogP contribution in [0.5, 0.6) is 0 Å². The van der Waals surface area contributed by atoms with Gasteiger partial charge < -0.3 is 10.2 Å². The summed E-state index contributed by atoms with van der Waals surface area (Å²) in [5.74, 6) is -0.821. The second-order valence-electron chi connectivity index (χ2n) is 4.60. The van der Waals surface area contributed by atoms with Gasteiger partial charge in [-0.15, -0.1) is 0 Å². The van der Waals surface area contributed by atoms with Crippen molar-refractivity contribution in [3.63, 3.8) is 0 Å². The molecule has 0 amide bonds. The molecule has 0 aromatic carbocycles. The second-order valence-corrected chi connectivity index (χ2v) is 4.60. The Morgan fingerprint density at radius 3 is 2.35 bits per heavy atom. The molecule has 0 heterocycles. The first-order chi connectivity index (χ1) is 8.07. The second kappa shape index (κ2) is 10.3. The predicted octanol–water partition coefficient (Wildman–Crippen LogP) is 3.52. The number of hydrogen-bond acceptors (Lipinski definition) is 2. The number of rotatable bonds is 10. The standard InChI is InChI=1S/C14H26O3/c1-3-13(15)11-9-7-5-4-6-8-10-12(2)14(16)17/h10,13,15H,3-9,11H2,1-2H3,(H,16,17). The van der Waals surface area contributed by atoms with E-state index in [-0.39, 0.29) is 6.10 Å². The van der Waals surface area contributed by atoms with E-state index in [1.807, 2.05) is 6.92 Å². The summed E-state index contributed by atoms with van der Waals surface area (Å²) >= 11 is 0. The molecular weight excluding hydrogens is 216 g/mol. The van der Waals surface area contributed by atoms with Crippen LogP contribution < -0.4 is 0 Å². The van der Waals surface area contributed by atoms with Crippen LogP contribution in [-0.2, 0) is 4.79 Å². The molecule has 0 radical (unpaired) electrons. The highest BCUT2D eigenvalue weighted by molar-refractivity contribution is 5.85. The largest absolute Gasteiger partial charge is 0.478 e. The van der Waals surface area contributed by atoms with Crippen LogP contribution >= 0.6 is 0 Å². The number of carboxylic acid groups (broad SMARTS) is 1. The molecule has 0 saturated carbocycles. The van der Waals surface area contributed by atoms with Gasteiger partial charge >= 0.3 is 5.97 Å². The SMILES string of the molecule is CCC(O)CCCCCCCC=C(C)C(=O)O. The molecule has 0 bridgehead atoms. The molecule has 100 valence electrons. The quantitative estimate of drug-likeness (QED) is 0.455. The van der Waals surface area contributed by atoms with Gasteiger partial charge in [0.25, 0.3) is 0 Å². The molecular formula is C14H26O3. The first kappa shape index (κ1) is 16.2. The van der Waals surface area contributed by atoms with Crippen LogP contribution in [0.2, 0.25) is 0 Å². The van der Waals surface area contributed by atoms with Crippen LogP contribution in [0.1, 0.15) is 65.2 Å². The molecule has 0 aromatic heterocycles. The molecule has 0 aliphatic carbocycles. The molecule has 0 rings (SSSR count). The summed E-state index contributed by atoms with van der Waals surface area (Å²) in [5.41, 5.74) is 0.441. The van der Waals surface area contributed by atoms with Gasteiger partial charge in [0.05, 0.1) is 6.10 Å². The van der Waals surface area contributed by atoms with Crippen LogP contribution in [0.15, 0.2) is 11.6 Å². The lowest BCUT2D eigenvalue weighted by molar-refractivity contribution is -0.132. The van der Waals surface area contributed by atoms with Crippen LogP contribution in [0.4, 0.5) is 0 Å². The molecule has 0 aliphatic rings. The molecule has 0 aliphatic heterocycles. The van der Waals surface area contributed by atoms with Crippen molar-refractivity contribution in [1.29, 1.82) is 0 Å². The number of unbranched alkanes of at least 4 members (excludes halogenated alkanes) is 5. The minimum Gasteiger partial charge on any atom is -0.478 e. The van der Waals surface area contributed by atoms with Crippen LogP contribution in [0, 0.1) is 0 Å². The van der Waals surface area contributed by atoms with E-state index < -0.39 is 5.97 Å². The van der Waals surface area contributed by atoms with Gasteiger partial charge in [0.1, 0.15) is 0 Å². The lowest BCUT2D eigenvalue weighted by Crippen LogP contribution is -2.03. The van der Waals surface area contributed by atoms with Gasteiger partial charge in [0.15, 0.2) is 0 Å². The first-order valence-corrected chi connectivity index (χ1v) is 6.66. The fraction of sp³-hybridized carbons (Fsp3) is 0.786. The topological polar surface area (TPSA) is 57.5 Å². The van der Waals surface area contributed by atoms with Crippen molar-refractivity contribution in [2.24, 2.45) is 0 Å². The fourth-order valence-corrected chi connectivity index (χ4v) is 1.66. The minimum atomic E-state index is -0.821. The van der Waals surface area contributed by atoms with Crippen molar-refractivity contribution in [1.82, 2.24) is 0 Å². The van der Waals surface area contributed by atoms with Crippen molar-refractivity contribution < 1.29 is 15.0 Å². The summed E-state index contributed by atoms with van der Waals surface area (Å²) in [6, 6.07) is 0. The van der Waals surface area contributed by atoms with Crippen molar-refractivity contribution in [3.05, 3.63) is 11.6 Å². The maximum Gasteiger partial charge on any atom is 0.330 e. The van der Waals surface area contributed by atoms with Gasteiger partial charge in [-0.25, -0.2) is 4.79 Å². The Morgan fingerprint density at radius 1 is 1.18 bits per heavy atom. The van der Waals surface area contributed by atoms with Gasteiger partial charge in [-0.1, -0.05) is 38.7 Å². The van der Waals surface area contributed by atoms with Crippen molar-refractivity contribution in [2.45, 2.75) is 71.3 Å². The molecule has 3 heteroatoms. The maximum atomic E-state index is 10.5. The number of carboxylic acids is 1. The monoisotopic (exact) mass is 242 g/mol. The number of hydrogen-bond donors (Lipinski definition) is 2. The van der Waals surface area contributed by atoms with E-state index in [1.165, 1.54) is 12.8 Å². The summed E-state index contributed by atoms with van der Waals surface area (Å²) in [4.78, 5) is 10.5. The number of aliphatic hydroxyl groups is 1. The smallest absolute Gasteiger partial charge is 0.330 e. The molecule has 17 heavy (non-hydrogen) atoms. The average molecular weight is 242 g/mol. The number of aliphatic carboxylic acids is 1. The third-order valence-corrected chi connectivity index (χ3v) is 3.00. The van der Waals surface area contributed by atoms with Crippen molar-refractivity contribution in [3.8, 4) is 0 Å². The molecule has 0 aromatic rings. The summed E-state index contributed by atoms with van der Waals surface area (Å²) in [5, 5.41) is 18.0. The maximum absolute atomic E-state index is 10.5. The van der Waals surface area contributed by atoms with E-state index >= 15 is 0 Å². The average Bonchev–Trinajstić information content (AvgIpc) is 2.31. The van der Waals surface area contributed by atoms with Crippen molar-refractivity contribution in [2.75, 3.05) is 0 Å². The summed E-state index contributed by atoms with van der Waals surface area (Å²) in [7, 11) is 0. The molecule has 3 nitrogen and oxygen atoms in total. The number of allylic oxidation sites excluding steroid dienone is 1. The van der Waals surface area contributed by atoms with Gasteiger partial charge in [-0.2, -0.15) is 0 Å². The highest BCUT2D eigenvalue weighted by Gasteiger charge is 2.00. The fourth-order valence-electron chi connectivity index (χ4n) is 1.66. The Kier molecular flexibility index (Phi) is 9.83. The Labute approximate surface area is 105 Å². The molecule has 0 saturated heterocycles. The molecule has 0 spiro atoms. The van der Waals surface area contributed by atoms with Gasteiger partial charge in [0, 0.05) is 5.57 Å². The Morgan fingerprint density at radius 2 is 1.76 bits per heavy atom. The zero-order chi connectivity index (χ0) is 13.1. The number of carbonyl (C=O) groups is 1. The molecule has 1 unspecified atom stereocenters. The molecule has 2 N–H and O–H groups in total. The van der Waals surface area contributed by atoms with E-state index in [0.29, 0.717) is 5.57 Å². The Hall–Kier alpha value is -0.830. The van der Waals surface area contributed by atoms with Gasteiger partial charge in [-0.3, -0.25) is 0 Å². The van der Waals surface area contributed by atoms with Gasteiger partial charge in [0.2, 0.25) is 0 Å². The normalized spacial score (nSPS) is 13.7. The minimum absolute atomic E-state index is 0.129. The van der Waals surface area contributed by atoms with Crippen molar-refractivity contribution >= 4 is 5.97 Å². The Bertz CT molecular complexity index is 234. The van der Waals surface area contributed by atoms with E-state index in [1.54, 1.807) is 13.0 Å². The lowest BCUT2D eigenvalue weighted by Gasteiger charge is -2.06. The van der Waals surface area contributed by atoms with E-state index in [9.17, 15) is 9.90 Å². The van der Waals surface area contributed by atoms with Crippen LogP contribution in [0.25, 0.3) is 0 Å². The zero-order valence-corrected chi connectivity index (χ0v) is 11.1. The highest BCUT2D eigenvalue weighted by Crippen LogP contribution is 2.10. The lowest BCUT2D eigenvalue weighted by atomic mass is 10.1. The highest BCUT2D eigenvalue weighted by atomic mass is 16.4. The summed E-state index contributed by atoms with van der Waals surface area (Å²) in [6.45, 7) is 3.64. The van der Waals surface area contributed by atoms with E-state index in [4.69, 9.17) is 5.11 Å². The third-order valence-electron chi connectivity index (χ3n) is 3.00.